The second-order valence-corrected chi connectivity index (χ2v) is 6.49. The van der Waals surface area contributed by atoms with Crippen molar-refractivity contribution in [3.8, 4) is 10.4 Å². The van der Waals surface area contributed by atoms with Gasteiger partial charge in [-0.3, -0.25) is 0 Å². The Bertz CT molecular complexity index is 519. The van der Waals surface area contributed by atoms with Crippen LogP contribution >= 0.6 is 27.3 Å². The molecule has 2 aromatic rings. The summed E-state index contributed by atoms with van der Waals surface area (Å²) in [7, 11) is 0. The van der Waals surface area contributed by atoms with E-state index < -0.39 is 0 Å². The van der Waals surface area contributed by atoms with Gasteiger partial charge in [-0.1, -0.05) is 28.9 Å². The van der Waals surface area contributed by atoms with E-state index in [-0.39, 0.29) is 0 Å². The number of thiophene rings is 1. The number of benzene rings is 1. The molecule has 3 heteroatoms. The van der Waals surface area contributed by atoms with E-state index in [1.807, 2.05) is 11.3 Å². The Labute approximate surface area is 121 Å². The van der Waals surface area contributed by atoms with Gasteiger partial charge >= 0.3 is 0 Å². The normalized spacial score (nSPS) is 10.8. The van der Waals surface area contributed by atoms with Gasteiger partial charge in [-0.05, 0) is 55.3 Å². The molecule has 0 aliphatic heterocycles. The van der Waals surface area contributed by atoms with E-state index in [4.69, 9.17) is 0 Å². The van der Waals surface area contributed by atoms with Crippen LogP contribution in [0, 0.1) is 6.92 Å². The maximum atomic E-state index is 3.54. The molecular weight excluding hydrogens is 306 g/mol. The van der Waals surface area contributed by atoms with E-state index in [0.717, 1.165) is 17.6 Å². The second kappa shape index (κ2) is 6.50. The Morgan fingerprint density at radius 1 is 1.22 bits per heavy atom. The van der Waals surface area contributed by atoms with Crippen molar-refractivity contribution in [2.24, 2.45) is 0 Å². The summed E-state index contributed by atoms with van der Waals surface area (Å²) >= 11 is 5.42. The van der Waals surface area contributed by atoms with Crippen molar-refractivity contribution in [3.63, 3.8) is 0 Å². The Morgan fingerprint density at radius 2 is 2.06 bits per heavy atom. The van der Waals surface area contributed by atoms with Crippen molar-refractivity contribution in [2.75, 3.05) is 6.54 Å². The van der Waals surface area contributed by atoms with Crippen LogP contribution in [0.3, 0.4) is 0 Å². The third kappa shape index (κ3) is 3.44. The minimum atomic E-state index is 0.978. The molecule has 1 aromatic heterocycles. The van der Waals surface area contributed by atoms with Gasteiger partial charge in [-0.25, -0.2) is 0 Å². The number of aryl methyl sites for hydroxylation is 1. The lowest BCUT2D eigenvalue weighted by atomic mass is 10.1. The summed E-state index contributed by atoms with van der Waals surface area (Å²) in [6.07, 6.45) is 1.18. The lowest BCUT2D eigenvalue weighted by molar-refractivity contribution is 0.681. The highest BCUT2D eigenvalue weighted by Crippen LogP contribution is 2.32. The molecule has 1 heterocycles. The minimum absolute atomic E-state index is 0.978. The first-order valence-corrected chi connectivity index (χ1v) is 7.87. The van der Waals surface area contributed by atoms with Crippen LogP contribution in [0.4, 0.5) is 0 Å². The number of hydrogen-bond donors (Lipinski definition) is 1. The molecule has 0 saturated carbocycles. The first-order valence-electron chi connectivity index (χ1n) is 6.26. The van der Waals surface area contributed by atoms with Gasteiger partial charge in [0.15, 0.2) is 0 Å². The highest BCUT2D eigenvalue weighted by molar-refractivity contribution is 9.10. The molecule has 18 heavy (non-hydrogen) atoms. The summed E-state index contributed by atoms with van der Waals surface area (Å²) in [6, 6.07) is 10.9. The van der Waals surface area contributed by atoms with Crippen molar-refractivity contribution in [2.45, 2.75) is 26.8 Å². The zero-order valence-electron chi connectivity index (χ0n) is 10.8. The molecule has 0 fully saturated rings. The van der Waals surface area contributed by atoms with Crippen LogP contribution < -0.4 is 5.32 Å². The summed E-state index contributed by atoms with van der Waals surface area (Å²) in [4.78, 5) is 2.75. The van der Waals surface area contributed by atoms with E-state index in [2.05, 4.69) is 65.4 Å². The molecule has 1 N–H and O–H groups in total. The van der Waals surface area contributed by atoms with Crippen LogP contribution in [0.2, 0.25) is 0 Å². The summed E-state index contributed by atoms with van der Waals surface area (Å²) in [6.45, 7) is 6.42. The highest BCUT2D eigenvalue weighted by Gasteiger charge is 2.06. The van der Waals surface area contributed by atoms with Crippen molar-refractivity contribution < 1.29 is 0 Å². The Kier molecular flexibility index (Phi) is 4.98. The molecule has 2 rings (SSSR count). The van der Waals surface area contributed by atoms with Crippen LogP contribution in [0.15, 0.2) is 34.8 Å². The van der Waals surface area contributed by atoms with Crippen molar-refractivity contribution in [1.29, 1.82) is 0 Å². The predicted molar refractivity (Wildman–Crippen MR) is 84.2 cm³/mol. The fourth-order valence-electron chi connectivity index (χ4n) is 1.87. The van der Waals surface area contributed by atoms with Crippen LogP contribution in [-0.4, -0.2) is 6.54 Å². The fourth-order valence-corrected chi connectivity index (χ4v) is 3.29. The number of nitrogens with one attached hydrogen (secondary N) is 1. The first kappa shape index (κ1) is 13.8. The second-order valence-electron chi connectivity index (χ2n) is 4.40. The summed E-state index contributed by atoms with van der Waals surface area (Å²) in [5, 5.41) is 3.44. The largest absolute Gasteiger partial charge is 0.312 e. The summed E-state index contributed by atoms with van der Waals surface area (Å²) < 4.78 is 1.14. The lowest BCUT2D eigenvalue weighted by Crippen LogP contribution is -2.12. The van der Waals surface area contributed by atoms with E-state index in [1.165, 1.54) is 27.3 Å². The fraction of sp³-hybridized carbons (Fsp3) is 0.333. The van der Waals surface area contributed by atoms with Crippen LogP contribution in [-0.2, 0) is 6.54 Å². The topological polar surface area (TPSA) is 12.0 Å². The molecule has 0 bridgehead atoms. The molecule has 0 amide bonds. The smallest absolute Gasteiger partial charge is 0.0349 e. The predicted octanol–water partition coefficient (Wildman–Crippen LogP) is 4.99. The van der Waals surface area contributed by atoms with Gasteiger partial charge in [0, 0.05) is 20.8 Å². The quantitative estimate of drug-likeness (QED) is 0.764. The van der Waals surface area contributed by atoms with E-state index >= 15 is 0 Å². The van der Waals surface area contributed by atoms with Crippen LogP contribution in [0.25, 0.3) is 10.4 Å². The SMILES string of the molecule is CCCNCc1ccc(-c2cc(Br)ccc2C)s1. The number of halogens is 1. The van der Waals surface area contributed by atoms with Crippen molar-refractivity contribution in [1.82, 2.24) is 5.32 Å². The Morgan fingerprint density at radius 3 is 2.83 bits per heavy atom. The van der Waals surface area contributed by atoms with Gasteiger partial charge in [-0.2, -0.15) is 0 Å². The average Bonchev–Trinajstić information content (AvgIpc) is 2.81. The van der Waals surface area contributed by atoms with Gasteiger partial charge in [0.05, 0.1) is 0 Å². The molecule has 0 atom stereocenters. The average molecular weight is 324 g/mol. The third-order valence-corrected chi connectivity index (χ3v) is 4.46. The van der Waals surface area contributed by atoms with Gasteiger partial charge in [0.25, 0.3) is 0 Å². The highest BCUT2D eigenvalue weighted by atomic mass is 79.9. The molecular formula is C15H18BrNS. The Balaban J connectivity index is 2.16. The van der Waals surface area contributed by atoms with E-state index in [0.29, 0.717) is 0 Å². The molecule has 0 aliphatic carbocycles. The van der Waals surface area contributed by atoms with Crippen LogP contribution in [0.5, 0.6) is 0 Å². The van der Waals surface area contributed by atoms with Gasteiger partial charge < -0.3 is 5.32 Å². The van der Waals surface area contributed by atoms with Crippen LogP contribution in [0.1, 0.15) is 23.8 Å². The minimum Gasteiger partial charge on any atom is -0.312 e. The zero-order valence-corrected chi connectivity index (χ0v) is 13.2. The molecule has 0 aliphatic rings. The first-order chi connectivity index (χ1) is 8.70. The molecule has 0 spiro atoms. The number of rotatable bonds is 5. The molecule has 0 unspecified atom stereocenters. The Hall–Kier alpha value is -0.640. The molecule has 0 saturated heterocycles. The van der Waals surface area contributed by atoms with E-state index in [9.17, 15) is 0 Å². The summed E-state index contributed by atoms with van der Waals surface area (Å²) in [5.74, 6) is 0. The van der Waals surface area contributed by atoms with Gasteiger partial charge in [0.2, 0.25) is 0 Å². The third-order valence-electron chi connectivity index (χ3n) is 2.85. The molecule has 1 aromatic carbocycles. The molecule has 1 nitrogen and oxygen atoms in total. The van der Waals surface area contributed by atoms with Crippen molar-refractivity contribution in [3.05, 3.63) is 45.2 Å². The number of hydrogen-bond acceptors (Lipinski definition) is 2. The summed E-state index contributed by atoms with van der Waals surface area (Å²) in [5.41, 5.74) is 2.66. The maximum Gasteiger partial charge on any atom is 0.0349 e. The maximum absolute atomic E-state index is 3.54. The lowest BCUT2D eigenvalue weighted by Gasteiger charge is -2.04. The molecule has 0 radical (unpaired) electrons. The molecule has 96 valence electrons. The monoisotopic (exact) mass is 323 g/mol. The standard InChI is InChI=1S/C15H18BrNS/c1-3-8-17-10-13-6-7-15(18-13)14-9-12(16)5-4-11(14)2/h4-7,9,17H,3,8,10H2,1-2H3. The van der Waals surface area contributed by atoms with E-state index in [1.54, 1.807) is 0 Å². The van der Waals surface area contributed by atoms with Crippen molar-refractivity contribution >= 4 is 27.3 Å². The van der Waals surface area contributed by atoms with Gasteiger partial charge in [-0.15, -0.1) is 11.3 Å². The zero-order chi connectivity index (χ0) is 13.0. The van der Waals surface area contributed by atoms with Gasteiger partial charge in [0.1, 0.15) is 0 Å².